The Morgan fingerprint density at radius 2 is 1.94 bits per heavy atom. The van der Waals surface area contributed by atoms with Crippen molar-refractivity contribution in [1.29, 1.82) is 0 Å². The second kappa shape index (κ2) is 5.50. The molecule has 0 spiro atoms. The third-order valence-electron chi connectivity index (χ3n) is 4.11. The smallest absolute Gasteiger partial charge is 0.0771 e. The second-order valence-electron chi connectivity index (χ2n) is 6.75. The monoisotopic (exact) mass is 257 g/mol. The Hall–Kier alpha value is 0.270. The molecule has 0 aromatic carbocycles. The molecule has 0 aromatic heterocycles. The zero-order chi connectivity index (χ0) is 12.4. The van der Waals surface area contributed by atoms with Crippen molar-refractivity contribution in [2.75, 3.05) is 18.1 Å². The summed E-state index contributed by atoms with van der Waals surface area (Å²) in [5.74, 6) is 2.48. The highest BCUT2D eigenvalue weighted by molar-refractivity contribution is 7.99. The van der Waals surface area contributed by atoms with Crippen molar-refractivity contribution in [3.8, 4) is 0 Å². The van der Waals surface area contributed by atoms with E-state index in [1.807, 2.05) is 0 Å². The summed E-state index contributed by atoms with van der Waals surface area (Å²) in [7, 11) is 0. The van der Waals surface area contributed by atoms with Gasteiger partial charge in [0.25, 0.3) is 0 Å². The summed E-state index contributed by atoms with van der Waals surface area (Å²) < 4.78 is 0. The summed E-state index contributed by atoms with van der Waals surface area (Å²) in [6.07, 6.45) is 6.92. The predicted molar refractivity (Wildman–Crippen MR) is 75.5 cm³/mol. The fourth-order valence-corrected chi connectivity index (χ4v) is 4.42. The Labute approximate surface area is 110 Å². The highest BCUT2D eigenvalue weighted by Crippen LogP contribution is 2.34. The number of aliphatic hydroxyl groups is 1. The predicted octanol–water partition coefficient (Wildman–Crippen LogP) is 2.80. The molecule has 0 radical (unpaired) electrons. The van der Waals surface area contributed by atoms with Gasteiger partial charge in [-0.2, -0.15) is 11.8 Å². The molecule has 0 amide bonds. The first kappa shape index (κ1) is 13.7. The van der Waals surface area contributed by atoms with Crippen LogP contribution in [-0.4, -0.2) is 34.8 Å². The molecule has 3 heteroatoms. The third kappa shape index (κ3) is 4.15. The van der Waals surface area contributed by atoms with Crippen LogP contribution in [0.3, 0.4) is 0 Å². The van der Waals surface area contributed by atoms with E-state index in [2.05, 4.69) is 30.9 Å². The summed E-state index contributed by atoms with van der Waals surface area (Å²) in [4.78, 5) is 0. The van der Waals surface area contributed by atoms with Gasteiger partial charge in [-0.05, 0) is 30.4 Å². The van der Waals surface area contributed by atoms with Crippen molar-refractivity contribution in [2.45, 2.75) is 64.0 Å². The average molecular weight is 257 g/mol. The molecule has 17 heavy (non-hydrogen) atoms. The fraction of sp³-hybridized carbons (Fsp3) is 1.00. The van der Waals surface area contributed by atoms with Crippen LogP contribution >= 0.6 is 11.8 Å². The summed E-state index contributed by atoms with van der Waals surface area (Å²) in [6, 6.07) is 0.592. The van der Waals surface area contributed by atoms with Gasteiger partial charge in [0.2, 0.25) is 0 Å². The lowest BCUT2D eigenvalue weighted by Gasteiger charge is -2.38. The van der Waals surface area contributed by atoms with E-state index in [1.54, 1.807) is 0 Å². The summed E-state index contributed by atoms with van der Waals surface area (Å²) in [5, 5.41) is 14.1. The van der Waals surface area contributed by atoms with Crippen molar-refractivity contribution >= 4 is 11.8 Å². The molecule has 1 unspecified atom stereocenters. The molecule has 2 nitrogen and oxygen atoms in total. The maximum absolute atomic E-state index is 10.5. The van der Waals surface area contributed by atoms with Crippen LogP contribution in [0.1, 0.15) is 52.4 Å². The molecule has 1 heterocycles. The van der Waals surface area contributed by atoms with Gasteiger partial charge < -0.3 is 10.4 Å². The van der Waals surface area contributed by atoms with Crippen LogP contribution in [0.15, 0.2) is 0 Å². The van der Waals surface area contributed by atoms with Gasteiger partial charge in [-0.3, -0.25) is 0 Å². The quantitative estimate of drug-likeness (QED) is 0.815. The Balaban J connectivity index is 1.77. The largest absolute Gasteiger partial charge is 0.389 e. The van der Waals surface area contributed by atoms with E-state index in [9.17, 15) is 5.11 Å². The van der Waals surface area contributed by atoms with Crippen LogP contribution in [0.5, 0.6) is 0 Å². The lowest BCUT2D eigenvalue weighted by molar-refractivity contribution is 0.00213. The van der Waals surface area contributed by atoms with Crippen molar-refractivity contribution in [3.05, 3.63) is 0 Å². The molecule has 1 saturated heterocycles. The molecule has 2 aliphatic rings. The average Bonchev–Trinajstić information content (AvgIpc) is 2.26. The summed E-state index contributed by atoms with van der Waals surface area (Å²) >= 11 is 2.05. The van der Waals surface area contributed by atoms with Gasteiger partial charge >= 0.3 is 0 Å². The maximum atomic E-state index is 10.5. The van der Waals surface area contributed by atoms with Gasteiger partial charge in [0.05, 0.1) is 5.60 Å². The Morgan fingerprint density at radius 1 is 1.24 bits per heavy atom. The lowest BCUT2D eigenvalue weighted by atomic mass is 9.84. The number of nitrogens with one attached hydrogen (secondary N) is 1. The molecule has 1 aliphatic carbocycles. The Bertz CT molecular complexity index is 249. The van der Waals surface area contributed by atoms with E-state index >= 15 is 0 Å². The molecular weight excluding hydrogens is 230 g/mol. The fourth-order valence-electron chi connectivity index (χ4n) is 3.11. The zero-order valence-electron chi connectivity index (χ0n) is 11.3. The van der Waals surface area contributed by atoms with Crippen LogP contribution in [0.25, 0.3) is 0 Å². The molecular formula is C14H27NOS. The van der Waals surface area contributed by atoms with Gasteiger partial charge in [-0.25, -0.2) is 0 Å². The van der Waals surface area contributed by atoms with Crippen molar-refractivity contribution in [3.63, 3.8) is 0 Å². The molecule has 1 saturated carbocycles. The van der Waals surface area contributed by atoms with E-state index < -0.39 is 5.60 Å². The molecule has 2 fully saturated rings. The van der Waals surface area contributed by atoms with Gasteiger partial charge in [-0.1, -0.05) is 33.1 Å². The maximum Gasteiger partial charge on any atom is 0.0771 e. The van der Waals surface area contributed by atoms with Gasteiger partial charge in [0, 0.05) is 18.3 Å². The highest BCUT2D eigenvalue weighted by Gasteiger charge is 2.32. The number of hydrogen-bond acceptors (Lipinski definition) is 3. The van der Waals surface area contributed by atoms with Gasteiger partial charge in [0.1, 0.15) is 0 Å². The molecule has 1 aliphatic heterocycles. The molecule has 0 aromatic rings. The second-order valence-corrected chi connectivity index (χ2v) is 7.78. The molecule has 2 rings (SSSR count). The highest BCUT2D eigenvalue weighted by atomic mass is 32.2. The molecule has 2 N–H and O–H groups in total. The van der Waals surface area contributed by atoms with Crippen LogP contribution < -0.4 is 5.32 Å². The van der Waals surface area contributed by atoms with Gasteiger partial charge in [-0.15, -0.1) is 0 Å². The first-order chi connectivity index (χ1) is 7.99. The van der Waals surface area contributed by atoms with E-state index in [-0.39, 0.29) is 0 Å². The summed E-state index contributed by atoms with van der Waals surface area (Å²) in [5.41, 5.74) is 0.0419. The van der Waals surface area contributed by atoms with Gasteiger partial charge in [0.15, 0.2) is 0 Å². The lowest BCUT2D eigenvalue weighted by Crippen LogP contribution is -2.49. The Kier molecular flexibility index (Phi) is 4.43. The molecule has 0 bridgehead atoms. The number of thioether (sulfide) groups is 1. The van der Waals surface area contributed by atoms with E-state index in [1.165, 1.54) is 37.2 Å². The van der Waals surface area contributed by atoms with Crippen LogP contribution in [0, 0.1) is 5.41 Å². The molecule has 100 valence electrons. The van der Waals surface area contributed by atoms with Crippen LogP contribution in [-0.2, 0) is 0 Å². The van der Waals surface area contributed by atoms with Crippen molar-refractivity contribution in [1.82, 2.24) is 5.32 Å². The van der Waals surface area contributed by atoms with Crippen LogP contribution in [0.4, 0.5) is 0 Å². The first-order valence-corrected chi connectivity index (χ1v) is 8.18. The van der Waals surface area contributed by atoms with E-state index in [4.69, 9.17) is 0 Å². The van der Waals surface area contributed by atoms with Crippen LogP contribution in [0.2, 0.25) is 0 Å². The topological polar surface area (TPSA) is 32.3 Å². The number of hydrogen-bond donors (Lipinski definition) is 2. The minimum Gasteiger partial charge on any atom is -0.389 e. The number of rotatable bonds is 3. The van der Waals surface area contributed by atoms with Crippen molar-refractivity contribution < 1.29 is 5.11 Å². The summed E-state index contributed by atoms with van der Waals surface area (Å²) in [6.45, 7) is 5.50. The van der Waals surface area contributed by atoms with E-state index in [0.717, 1.165) is 19.4 Å². The first-order valence-electron chi connectivity index (χ1n) is 7.03. The minimum absolute atomic E-state index is 0.412. The Morgan fingerprint density at radius 3 is 2.59 bits per heavy atom. The van der Waals surface area contributed by atoms with Crippen molar-refractivity contribution in [2.24, 2.45) is 5.41 Å². The molecule has 1 atom stereocenters. The minimum atomic E-state index is -0.412. The third-order valence-corrected chi connectivity index (χ3v) is 5.74. The standard InChI is InChI=1S/C14H27NOS/c1-13(2)8-12(9-17-11-13)15-10-14(16)6-4-3-5-7-14/h12,15-16H,3-11H2,1-2H3. The zero-order valence-corrected chi connectivity index (χ0v) is 12.1. The normalized spacial score (nSPS) is 32.3. The van der Waals surface area contributed by atoms with E-state index in [0.29, 0.717) is 11.5 Å². The SMILES string of the molecule is CC1(C)CSCC(NCC2(O)CCCCC2)C1.